The average molecular weight is 294 g/mol. The van der Waals surface area contributed by atoms with Crippen LogP contribution in [0.3, 0.4) is 0 Å². The van der Waals surface area contributed by atoms with E-state index in [1.807, 2.05) is 20.8 Å². The maximum absolute atomic E-state index is 5.96. The van der Waals surface area contributed by atoms with E-state index in [0.717, 1.165) is 6.42 Å². The molecule has 0 aliphatic carbocycles. The van der Waals surface area contributed by atoms with Gasteiger partial charge in [-0.2, -0.15) is 0 Å². The van der Waals surface area contributed by atoms with Crippen LogP contribution in [0.15, 0.2) is 0 Å². The Labute approximate surface area is 115 Å². The lowest BCUT2D eigenvalue weighted by Crippen LogP contribution is -2.66. The standard InChI is InChI=1S/C12H31NO3Si2/c1-8-12(13-17(5,6)7)18(14-9-2,15-10-3)16-11-4/h12-13H,8-11H2,1-7H3. The minimum absolute atomic E-state index is 0.198. The number of nitrogens with one attached hydrogen (secondary N) is 1. The highest BCUT2D eigenvalue weighted by Crippen LogP contribution is 2.19. The highest BCUT2D eigenvalue weighted by Gasteiger charge is 2.49. The minimum atomic E-state index is -2.61. The summed E-state index contributed by atoms with van der Waals surface area (Å²) in [6.07, 6.45) is 0.969. The van der Waals surface area contributed by atoms with Crippen molar-refractivity contribution in [2.75, 3.05) is 19.8 Å². The molecule has 4 nitrogen and oxygen atoms in total. The third kappa shape index (κ3) is 5.94. The van der Waals surface area contributed by atoms with Crippen molar-refractivity contribution in [1.29, 1.82) is 0 Å². The molecule has 0 saturated heterocycles. The molecule has 0 amide bonds. The second-order valence-electron chi connectivity index (χ2n) is 5.26. The van der Waals surface area contributed by atoms with Gasteiger partial charge in [-0.3, -0.25) is 0 Å². The lowest BCUT2D eigenvalue weighted by Gasteiger charge is -2.38. The Morgan fingerprint density at radius 2 is 1.22 bits per heavy atom. The van der Waals surface area contributed by atoms with Crippen LogP contribution in [0.1, 0.15) is 34.1 Å². The zero-order valence-corrected chi connectivity index (χ0v) is 15.1. The first-order chi connectivity index (χ1) is 8.35. The molecule has 0 aliphatic rings. The van der Waals surface area contributed by atoms with Gasteiger partial charge in [-0.05, 0) is 27.2 Å². The molecule has 6 heteroatoms. The van der Waals surface area contributed by atoms with E-state index in [4.69, 9.17) is 13.3 Å². The van der Waals surface area contributed by atoms with Gasteiger partial charge in [0.15, 0.2) is 0 Å². The predicted octanol–water partition coefficient (Wildman–Crippen LogP) is 2.78. The first-order valence-electron chi connectivity index (χ1n) is 7.04. The van der Waals surface area contributed by atoms with E-state index >= 15 is 0 Å². The van der Waals surface area contributed by atoms with Crippen molar-refractivity contribution in [2.45, 2.75) is 59.4 Å². The first-order valence-corrected chi connectivity index (χ1v) is 12.3. The van der Waals surface area contributed by atoms with Crippen molar-refractivity contribution in [3.8, 4) is 0 Å². The molecule has 0 aromatic heterocycles. The van der Waals surface area contributed by atoms with E-state index in [1.165, 1.54) is 0 Å². The highest BCUT2D eigenvalue weighted by atomic mass is 28.4. The molecule has 0 saturated carbocycles. The van der Waals surface area contributed by atoms with Crippen LogP contribution in [0, 0.1) is 0 Å². The molecule has 0 spiro atoms. The minimum Gasteiger partial charge on any atom is -0.373 e. The molecule has 0 radical (unpaired) electrons. The molecule has 0 aromatic carbocycles. The van der Waals surface area contributed by atoms with Gasteiger partial charge in [-0.25, -0.2) is 0 Å². The summed E-state index contributed by atoms with van der Waals surface area (Å²) in [7, 11) is -4.00. The molecule has 110 valence electrons. The lowest BCUT2D eigenvalue weighted by atomic mass is 10.5. The van der Waals surface area contributed by atoms with Gasteiger partial charge in [0.25, 0.3) is 0 Å². The van der Waals surface area contributed by atoms with Crippen LogP contribution >= 0.6 is 0 Å². The van der Waals surface area contributed by atoms with E-state index in [1.54, 1.807) is 0 Å². The molecule has 0 aliphatic heterocycles. The van der Waals surface area contributed by atoms with Crippen LogP contribution < -0.4 is 4.98 Å². The van der Waals surface area contributed by atoms with Crippen molar-refractivity contribution in [2.24, 2.45) is 0 Å². The maximum Gasteiger partial charge on any atom is 0.518 e. The molecule has 1 N–H and O–H groups in total. The topological polar surface area (TPSA) is 39.7 Å². The van der Waals surface area contributed by atoms with Gasteiger partial charge in [0, 0.05) is 19.8 Å². The molecular weight excluding hydrogens is 262 g/mol. The van der Waals surface area contributed by atoms with Crippen LogP contribution in [0.25, 0.3) is 0 Å². The normalized spacial score (nSPS) is 14.8. The molecule has 0 rings (SSSR count). The average Bonchev–Trinajstić information content (AvgIpc) is 2.25. The third-order valence-corrected chi connectivity index (χ3v) is 7.46. The molecule has 0 aromatic rings. The van der Waals surface area contributed by atoms with Gasteiger partial charge in [0.1, 0.15) is 8.24 Å². The monoisotopic (exact) mass is 293 g/mol. The quantitative estimate of drug-likeness (QED) is 0.629. The maximum atomic E-state index is 5.96. The van der Waals surface area contributed by atoms with Crippen LogP contribution in [0.4, 0.5) is 0 Å². The molecule has 1 unspecified atom stereocenters. The summed E-state index contributed by atoms with van der Waals surface area (Å²) in [5.41, 5.74) is 0.198. The smallest absolute Gasteiger partial charge is 0.373 e. The van der Waals surface area contributed by atoms with Gasteiger partial charge in [0.05, 0.1) is 5.67 Å². The zero-order valence-electron chi connectivity index (χ0n) is 13.1. The second-order valence-corrected chi connectivity index (χ2v) is 12.8. The van der Waals surface area contributed by atoms with E-state index in [9.17, 15) is 0 Å². The van der Waals surface area contributed by atoms with Gasteiger partial charge in [0.2, 0.25) is 0 Å². The number of hydrogen-bond donors (Lipinski definition) is 1. The van der Waals surface area contributed by atoms with Gasteiger partial charge < -0.3 is 18.3 Å². The van der Waals surface area contributed by atoms with Crippen molar-refractivity contribution in [3.05, 3.63) is 0 Å². The fourth-order valence-corrected chi connectivity index (χ4v) is 7.81. The summed E-state index contributed by atoms with van der Waals surface area (Å²) in [6.45, 7) is 16.9. The molecule has 0 bridgehead atoms. The summed E-state index contributed by atoms with van der Waals surface area (Å²) in [6, 6.07) is 0. The zero-order chi connectivity index (χ0) is 14.2. The molecule has 1 atom stereocenters. The highest BCUT2D eigenvalue weighted by molar-refractivity contribution is 6.75. The van der Waals surface area contributed by atoms with Crippen molar-refractivity contribution in [1.82, 2.24) is 4.98 Å². The second kappa shape index (κ2) is 8.45. The van der Waals surface area contributed by atoms with Crippen LogP contribution in [-0.4, -0.2) is 42.5 Å². The van der Waals surface area contributed by atoms with Crippen LogP contribution in [0.2, 0.25) is 19.6 Å². The van der Waals surface area contributed by atoms with Crippen molar-refractivity contribution >= 4 is 17.0 Å². The summed E-state index contributed by atoms with van der Waals surface area (Å²) in [5.74, 6) is 0. The SMILES string of the molecule is CCO[Si](OCC)(OCC)C(CC)N[Si](C)(C)C. The third-order valence-electron chi connectivity index (χ3n) is 2.48. The predicted molar refractivity (Wildman–Crippen MR) is 81.2 cm³/mol. The fourth-order valence-electron chi connectivity index (χ4n) is 1.99. The summed E-state index contributed by atoms with van der Waals surface area (Å²) in [4.78, 5) is 3.73. The molecule has 0 heterocycles. The van der Waals surface area contributed by atoms with Crippen molar-refractivity contribution < 1.29 is 13.3 Å². The molecular formula is C12H31NO3Si2. The number of rotatable bonds is 10. The Bertz CT molecular complexity index is 205. The summed E-state index contributed by atoms with van der Waals surface area (Å²) < 4.78 is 17.9. The van der Waals surface area contributed by atoms with E-state index in [0.29, 0.717) is 19.8 Å². The van der Waals surface area contributed by atoms with E-state index in [2.05, 4.69) is 31.5 Å². The Morgan fingerprint density at radius 3 is 1.44 bits per heavy atom. The van der Waals surface area contributed by atoms with E-state index in [-0.39, 0.29) is 5.67 Å². The Morgan fingerprint density at radius 1 is 0.833 bits per heavy atom. The Hall–Kier alpha value is 0.274. The van der Waals surface area contributed by atoms with Gasteiger partial charge >= 0.3 is 8.80 Å². The van der Waals surface area contributed by atoms with Crippen LogP contribution in [0.5, 0.6) is 0 Å². The first kappa shape index (κ1) is 18.3. The Balaban J connectivity index is 5.06. The lowest BCUT2D eigenvalue weighted by molar-refractivity contribution is 0.0597. The van der Waals surface area contributed by atoms with Crippen LogP contribution in [-0.2, 0) is 13.3 Å². The molecule has 18 heavy (non-hydrogen) atoms. The Kier molecular flexibility index (Phi) is 8.57. The largest absolute Gasteiger partial charge is 0.518 e. The fraction of sp³-hybridized carbons (Fsp3) is 1.00. The van der Waals surface area contributed by atoms with Gasteiger partial charge in [-0.1, -0.05) is 26.6 Å². The van der Waals surface area contributed by atoms with Gasteiger partial charge in [-0.15, -0.1) is 0 Å². The van der Waals surface area contributed by atoms with E-state index < -0.39 is 17.0 Å². The molecule has 0 fully saturated rings. The number of hydrogen-bond acceptors (Lipinski definition) is 4. The summed E-state index contributed by atoms with van der Waals surface area (Å²) >= 11 is 0. The summed E-state index contributed by atoms with van der Waals surface area (Å²) in [5, 5.41) is 0. The van der Waals surface area contributed by atoms with Crippen molar-refractivity contribution in [3.63, 3.8) is 0 Å².